The molecule has 0 aromatic heterocycles. The smallest absolute Gasteiger partial charge is 0.314 e. The molecule has 3 nitrogen and oxygen atoms in total. The highest BCUT2D eigenvalue weighted by atomic mass is 16.5. The van der Waals surface area contributed by atoms with Crippen LogP contribution in [0.15, 0.2) is 72.8 Å². The third kappa shape index (κ3) is 4.12. The number of ether oxygens (including phenoxy) is 1. The molecule has 0 aliphatic rings. The van der Waals surface area contributed by atoms with Gasteiger partial charge in [0.15, 0.2) is 0 Å². The predicted molar refractivity (Wildman–Crippen MR) is 104 cm³/mol. The van der Waals surface area contributed by atoms with E-state index in [2.05, 4.69) is 24.3 Å². The van der Waals surface area contributed by atoms with E-state index in [1.807, 2.05) is 50.2 Å². The van der Waals surface area contributed by atoms with Crippen LogP contribution in [-0.4, -0.2) is 11.1 Å². The van der Waals surface area contributed by atoms with Crippen LogP contribution >= 0.6 is 0 Å². The molecule has 0 saturated heterocycles. The van der Waals surface area contributed by atoms with Crippen LogP contribution in [0.2, 0.25) is 0 Å². The number of esters is 1. The number of rotatable bonds is 5. The zero-order valence-electron chi connectivity index (χ0n) is 15.0. The number of aromatic hydroxyl groups is 1. The molecule has 0 amide bonds. The minimum atomic E-state index is -0.196. The van der Waals surface area contributed by atoms with Gasteiger partial charge in [0.1, 0.15) is 11.5 Å². The van der Waals surface area contributed by atoms with E-state index in [0.29, 0.717) is 5.75 Å². The van der Waals surface area contributed by atoms with Gasteiger partial charge >= 0.3 is 5.97 Å². The largest absolute Gasteiger partial charge is 0.508 e. The van der Waals surface area contributed by atoms with Crippen molar-refractivity contribution >= 4 is 5.97 Å². The Morgan fingerprint density at radius 2 is 1.19 bits per heavy atom. The summed E-state index contributed by atoms with van der Waals surface area (Å²) in [5.74, 6) is 0.542. The molecule has 0 fully saturated rings. The summed E-state index contributed by atoms with van der Waals surface area (Å²) in [6.45, 7) is 3.84. The zero-order chi connectivity index (χ0) is 18.5. The summed E-state index contributed by atoms with van der Waals surface area (Å²) in [6, 6.07) is 22.9. The van der Waals surface area contributed by atoms with Crippen molar-refractivity contribution in [2.75, 3.05) is 0 Å². The van der Waals surface area contributed by atoms with Crippen LogP contribution in [0.25, 0.3) is 22.3 Å². The lowest BCUT2D eigenvalue weighted by molar-refractivity contribution is -0.138. The second-order valence-electron chi connectivity index (χ2n) is 6.38. The molecular weight excluding hydrogens is 324 g/mol. The SMILES string of the molecule is CCC(C)C(=O)Oc1ccc(-c2ccc(-c3ccc(O)cc3)cc2)cc1. The molecule has 3 aromatic rings. The second-order valence-corrected chi connectivity index (χ2v) is 6.38. The molecule has 0 aliphatic carbocycles. The summed E-state index contributed by atoms with van der Waals surface area (Å²) < 4.78 is 5.39. The lowest BCUT2D eigenvalue weighted by Crippen LogP contribution is -2.16. The maximum absolute atomic E-state index is 11.9. The van der Waals surface area contributed by atoms with Crippen LogP contribution in [0.4, 0.5) is 0 Å². The van der Waals surface area contributed by atoms with Crippen molar-refractivity contribution in [1.82, 2.24) is 0 Å². The van der Waals surface area contributed by atoms with Crippen molar-refractivity contribution in [2.45, 2.75) is 20.3 Å². The molecule has 0 spiro atoms. The Kier molecular flexibility index (Phi) is 5.37. The first-order valence-electron chi connectivity index (χ1n) is 8.78. The molecule has 0 heterocycles. The van der Waals surface area contributed by atoms with Gasteiger partial charge in [-0.15, -0.1) is 0 Å². The first-order chi connectivity index (χ1) is 12.6. The lowest BCUT2D eigenvalue weighted by atomic mass is 10.0. The molecule has 0 saturated carbocycles. The Bertz CT molecular complexity index is 863. The lowest BCUT2D eigenvalue weighted by Gasteiger charge is -2.10. The molecule has 0 aliphatic heterocycles. The van der Waals surface area contributed by atoms with Gasteiger partial charge in [0.2, 0.25) is 0 Å². The molecular formula is C23H22O3. The highest BCUT2D eigenvalue weighted by Gasteiger charge is 2.12. The highest BCUT2D eigenvalue weighted by Crippen LogP contribution is 2.27. The van der Waals surface area contributed by atoms with Gasteiger partial charge in [0.05, 0.1) is 5.92 Å². The average molecular weight is 346 g/mol. The Hall–Kier alpha value is -3.07. The van der Waals surface area contributed by atoms with E-state index in [-0.39, 0.29) is 17.6 Å². The van der Waals surface area contributed by atoms with Crippen molar-refractivity contribution < 1.29 is 14.6 Å². The third-order valence-corrected chi connectivity index (χ3v) is 4.51. The van der Waals surface area contributed by atoms with Gasteiger partial charge in [0.25, 0.3) is 0 Å². The summed E-state index contributed by atoms with van der Waals surface area (Å²) in [5.41, 5.74) is 4.30. The first kappa shape index (κ1) is 17.7. The third-order valence-electron chi connectivity index (χ3n) is 4.51. The Labute approximate surface area is 153 Å². The molecule has 132 valence electrons. The van der Waals surface area contributed by atoms with Crippen LogP contribution in [0, 0.1) is 5.92 Å². The quantitative estimate of drug-likeness (QED) is 0.478. The summed E-state index contributed by atoms with van der Waals surface area (Å²) >= 11 is 0. The number of benzene rings is 3. The Morgan fingerprint density at radius 3 is 1.62 bits per heavy atom. The van der Waals surface area contributed by atoms with Crippen LogP contribution in [0.1, 0.15) is 20.3 Å². The number of hydrogen-bond acceptors (Lipinski definition) is 3. The van der Waals surface area contributed by atoms with Crippen molar-refractivity contribution in [3.05, 3.63) is 72.8 Å². The van der Waals surface area contributed by atoms with Gasteiger partial charge in [-0.25, -0.2) is 0 Å². The molecule has 1 N–H and O–H groups in total. The fourth-order valence-corrected chi connectivity index (χ4v) is 2.61. The fourth-order valence-electron chi connectivity index (χ4n) is 2.61. The molecule has 3 aromatic carbocycles. The van der Waals surface area contributed by atoms with Gasteiger partial charge in [-0.2, -0.15) is 0 Å². The van der Waals surface area contributed by atoms with Crippen LogP contribution < -0.4 is 4.74 Å². The maximum atomic E-state index is 11.9. The summed E-state index contributed by atoms with van der Waals surface area (Å²) in [4.78, 5) is 11.9. The fraction of sp³-hybridized carbons (Fsp3) is 0.174. The number of hydrogen-bond donors (Lipinski definition) is 1. The van der Waals surface area contributed by atoms with Crippen LogP contribution in [0.5, 0.6) is 11.5 Å². The van der Waals surface area contributed by atoms with E-state index in [4.69, 9.17) is 4.74 Å². The van der Waals surface area contributed by atoms with Crippen LogP contribution in [-0.2, 0) is 4.79 Å². The average Bonchev–Trinajstić information content (AvgIpc) is 2.68. The van der Waals surface area contributed by atoms with E-state index < -0.39 is 0 Å². The number of phenols is 1. The van der Waals surface area contributed by atoms with Crippen molar-refractivity contribution in [1.29, 1.82) is 0 Å². The molecule has 1 atom stereocenters. The van der Waals surface area contributed by atoms with Gasteiger partial charge < -0.3 is 9.84 Å². The maximum Gasteiger partial charge on any atom is 0.314 e. The van der Waals surface area contributed by atoms with E-state index >= 15 is 0 Å². The highest BCUT2D eigenvalue weighted by molar-refractivity contribution is 5.75. The van der Waals surface area contributed by atoms with Gasteiger partial charge in [0, 0.05) is 0 Å². The van der Waals surface area contributed by atoms with Gasteiger partial charge in [-0.1, -0.05) is 62.4 Å². The predicted octanol–water partition coefficient (Wildman–Crippen LogP) is 5.68. The molecule has 26 heavy (non-hydrogen) atoms. The van der Waals surface area contributed by atoms with Crippen LogP contribution in [0.3, 0.4) is 0 Å². The molecule has 3 heteroatoms. The molecule has 0 radical (unpaired) electrons. The van der Waals surface area contributed by atoms with Gasteiger partial charge in [-0.3, -0.25) is 4.79 Å². The Morgan fingerprint density at radius 1 is 0.808 bits per heavy atom. The van der Waals surface area contributed by atoms with E-state index in [1.165, 1.54) is 0 Å². The topological polar surface area (TPSA) is 46.5 Å². The van der Waals surface area contributed by atoms with Crippen molar-refractivity contribution in [3.63, 3.8) is 0 Å². The molecule has 0 bridgehead atoms. The minimum absolute atomic E-state index is 0.0953. The van der Waals surface area contributed by atoms with E-state index in [9.17, 15) is 9.90 Å². The zero-order valence-corrected chi connectivity index (χ0v) is 15.0. The minimum Gasteiger partial charge on any atom is -0.508 e. The standard InChI is InChI=1S/C23H22O3/c1-3-16(2)23(25)26-22-14-10-20(11-15-22)18-6-4-17(5-7-18)19-8-12-21(24)13-9-19/h4-16,24H,3H2,1-2H3. The molecule has 3 rings (SSSR count). The van der Waals surface area contributed by atoms with E-state index in [0.717, 1.165) is 28.7 Å². The second kappa shape index (κ2) is 7.87. The monoisotopic (exact) mass is 346 g/mol. The summed E-state index contributed by atoms with van der Waals surface area (Å²) in [7, 11) is 0. The van der Waals surface area contributed by atoms with E-state index in [1.54, 1.807) is 12.1 Å². The number of carbonyl (C=O) groups is 1. The van der Waals surface area contributed by atoms with Crippen molar-refractivity contribution in [2.24, 2.45) is 5.92 Å². The number of phenolic OH excluding ortho intramolecular Hbond substituents is 1. The molecule has 1 unspecified atom stereocenters. The normalized spacial score (nSPS) is 11.8. The Balaban J connectivity index is 1.73. The van der Waals surface area contributed by atoms with Gasteiger partial charge in [-0.05, 0) is 52.9 Å². The summed E-state index contributed by atoms with van der Waals surface area (Å²) in [5, 5.41) is 9.39. The number of carbonyl (C=O) groups excluding carboxylic acids is 1. The summed E-state index contributed by atoms with van der Waals surface area (Å²) in [6.07, 6.45) is 0.768. The van der Waals surface area contributed by atoms with Crippen molar-refractivity contribution in [3.8, 4) is 33.8 Å². The first-order valence-corrected chi connectivity index (χ1v) is 8.78.